The van der Waals surface area contributed by atoms with E-state index in [2.05, 4.69) is 5.32 Å². The van der Waals surface area contributed by atoms with Crippen LogP contribution in [0, 0.1) is 5.82 Å². The van der Waals surface area contributed by atoms with Gasteiger partial charge in [-0.25, -0.2) is 4.39 Å². The number of carbonyl (C=O) groups excluding carboxylic acids is 3. The Hall–Kier alpha value is -2.72. The van der Waals surface area contributed by atoms with Crippen LogP contribution < -0.4 is 5.32 Å². The molecule has 3 rings (SSSR count). The molecule has 2 aromatic carbocycles. The quantitative estimate of drug-likeness (QED) is 0.491. The fourth-order valence-corrected chi connectivity index (χ4v) is 3.95. The Kier molecular flexibility index (Phi) is 7.22. The van der Waals surface area contributed by atoms with E-state index in [-0.39, 0.29) is 29.1 Å². The number of hydrogen-bond acceptors (Lipinski definition) is 5. The van der Waals surface area contributed by atoms with Gasteiger partial charge in [-0.05, 0) is 48.2 Å². The molecular formula is C20H15F3N2O3S2. The summed E-state index contributed by atoms with van der Waals surface area (Å²) >= 11 is 1.08. The van der Waals surface area contributed by atoms with Crippen LogP contribution in [-0.4, -0.2) is 40.8 Å². The molecule has 0 spiro atoms. The average Bonchev–Trinajstić information content (AvgIpc) is 2.97. The van der Waals surface area contributed by atoms with Crippen LogP contribution in [-0.2, 0) is 4.79 Å². The van der Waals surface area contributed by atoms with Gasteiger partial charge in [-0.15, -0.1) is 0 Å². The smallest absolute Gasteiger partial charge is 0.293 e. The number of carbonyl (C=O) groups is 3. The van der Waals surface area contributed by atoms with E-state index in [1.54, 1.807) is 6.07 Å². The third-order valence-corrected chi connectivity index (χ3v) is 5.66. The Bertz CT molecular complexity index is 997. The van der Waals surface area contributed by atoms with Crippen LogP contribution in [0.25, 0.3) is 6.08 Å². The first kappa shape index (κ1) is 22.0. The van der Waals surface area contributed by atoms with Gasteiger partial charge in [0, 0.05) is 29.1 Å². The summed E-state index contributed by atoms with van der Waals surface area (Å²) in [5.41, 5.74) is 0.465. The molecule has 5 nitrogen and oxygen atoms in total. The summed E-state index contributed by atoms with van der Waals surface area (Å²) in [7, 11) is 0. The normalized spacial score (nSPS) is 15.3. The number of rotatable bonds is 7. The molecule has 0 aliphatic carbocycles. The zero-order valence-corrected chi connectivity index (χ0v) is 16.9. The standard InChI is InChI=1S/C20H15F3N2O3S2/c21-15-4-2-1-3-13(15)11-16-18(27)25(20(28)30-16)10-9-24-17(26)12-5-7-14(8-6-12)29-19(22)23/h1-8,11,19H,9-10H2,(H,24,26)/b16-11-. The molecule has 1 fully saturated rings. The van der Waals surface area contributed by atoms with Crippen molar-refractivity contribution in [2.75, 3.05) is 13.1 Å². The number of alkyl halides is 2. The highest BCUT2D eigenvalue weighted by Gasteiger charge is 2.34. The summed E-state index contributed by atoms with van der Waals surface area (Å²) in [6.45, 7) is -0.0400. The van der Waals surface area contributed by atoms with Crippen molar-refractivity contribution >= 4 is 46.7 Å². The van der Waals surface area contributed by atoms with Crippen LogP contribution in [0.4, 0.5) is 18.0 Å². The van der Waals surface area contributed by atoms with Crippen molar-refractivity contribution in [3.63, 3.8) is 0 Å². The maximum Gasteiger partial charge on any atom is 0.293 e. The van der Waals surface area contributed by atoms with Crippen LogP contribution >= 0.6 is 23.5 Å². The fourth-order valence-electron chi connectivity index (χ4n) is 2.60. The van der Waals surface area contributed by atoms with Gasteiger partial charge in [0.05, 0.1) is 4.91 Å². The summed E-state index contributed by atoms with van der Waals surface area (Å²) < 4.78 is 38.4. The summed E-state index contributed by atoms with van der Waals surface area (Å²) in [4.78, 5) is 38.1. The van der Waals surface area contributed by atoms with Gasteiger partial charge >= 0.3 is 0 Å². The van der Waals surface area contributed by atoms with E-state index in [0.717, 1.165) is 4.90 Å². The summed E-state index contributed by atoms with van der Waals surface area (Å²) in [5, 5.41) is 2.06. The van der Waals surface area contributed by atoms with Gasteiger partial charge in [-0.3, -0.25) is 19.3 Å². The van der Waals surface area contributed by atoms with Crippen molar-refractivity contribution < 1.29 is 27.6 Å². The SMILES string of the molecule is O=C(NCCN1C(=O)S/C(=C\c2ccccc2F)C1=O)c1ccc(SC(F)F)cc1. The van der Waals surface area contributed by atoms with Crippen molar-refractivity contribution in [1.82, 2.24) is 10.2 Å². The number of nitrogens with one attached hydrogen (secondary N) is 1. The van der Waals surface area contributed by atoms with Crippen LogP contribution in [0.3, 0.4) is 0 Å². The number of imide groups is 1. The molecule has 2 aromatic rings. The van der Waals surface area contributed by atoms with Crippen LogP contribution in [0.1, 0.15) is 15.9 Å². The molecule has 0 saturated carbocycles. The fraction of sp³-hybridized carbons (Fsp3) is 0.150. The van der Waals surface area contributed by atoms with E-state index in [9.17, 15) is 27.6 Å². The van der Waals surface area contributed by atoms with Crippen molar-refractivity contribution in [1.29, 1.82) is 0 Å². The van der Waals surface area contributed by atoms with Gasteiger partial charge in [0.15, 0.2) is 0 Å². The minimum atomic E-state index is -2.55. The monoisotopic (exact) mass is 452 g/mol. The summed E-state index contributed by atoms with van der Waals surface area (Å²) in [5.74, 6) is -4.07. The van der Waals surface area contributed by atoms with Crippen molar-refractivity contribution in [3.8, 4) is 0 Å². The predicted molar refractivity (Wildman–Crippen MR) is 110 cm³/mol. The molecule has 0 aromatic heterocycles. The molecule has 1 heterocycles. The van der Waals surface area contributed by atoms with Crippen LogP contribution in [0.2, 0.25) is 0 Å². The van der Waals surface area contributed by atoms with Crippen molar-refractivity contribution in [3.05, 3.63) is 70.4 Å². The van der Waals surface area contributed by atoms with E-state index in [4.69, 9.17) is 0 Å². The van der Waals surface area contributed by atoms with Gasteiger partial charge in [0.1, 0.15) is 5.82 Å². The Morgan fingerprint density at radius 3 is 2.50 bits per heavy atom. The van der Waals surface area contributed by atoms with E-state index >= 15 is 0 Å². The number of nitrogens with zero attached hydrogens (tertiary/aromatic N) is 1. The highest BCUT2D eigenvalue weighted by molar-refractivity contribution is 8.18. The lowest BCUT2D eigenvalue weighted by atomic mass is 10.2. The number of amides is 3. The van der Waals surface area contributed by atoms with Crippen molar-refractivity contribution in [2.45, 2.75) is 10.7 Å². The Morgan fingerprint density at radius 1 is 1.13 bits per heavy atom. The molecule has 1 aliphatic heterocycles. The Morgan fingerprint density at radius 2 is 1.83 bits per heavy atom. The number of hydrogen-bond donors (Lipinski definition) is 1. The second-order valence-electron chi connectivity index (χ2n) is 6.01. The molecule has 0 bridgehead atoms. The Labute approximate surface area is 178 Å². The molecule has 156 valence electrons. The minimum Gasteiger partial charge on any atom is -0.350 e. The van der Waals surface area contributed by atoms with E-state index in [1.807, 2.05) is 0 Å². The lowest BCUT2D eigenvalue weighted by Gasteiger charge is -2.13. The second-order valence-corrected chi connectivity index (χ2v) is 8.07. The number of halogens is 3. The Balaban J connectivity index is 1.55. The first-order chi connectivity index (χ1) is 14.3. The molecule has 1 N–H and O–H groups in total. The number of benzene rings is 2. The highest BCUT2D eigenvalue weighted by atomic mass is 32.2. The lowest BCUT2D eigenvalue weighted by Crippen LogP contribution is -2.37. The van der Waals surface area contributed by atoms with Gasteiger partial charge in [0.25, 0.3) is 22.8 Å². The molecule has 1 aliphatic rings. The average molecular weight is 452 g/mol. The molecule has 30 heavy (non-hydrogen) atoms. The van der Waals surface area contributed by atoms with Crippen LogP contribution in [0.15, 0.2) is 58.3 Å². The van der Waals surface area contributed by atoms with E-state index in [0.29, 0.717) is 28.4 Å². The lowest BCUT2D eigenvalue weighted by molar-refractivity contribution is -0.122. The van der Waals surface area contributed by atoms with Gasteiger partial charge in [-0.2, -0.15) is 8.78 Å². The van der Waals surface area contributed by atoms with Gasteiger partial charge < -0.3 is 5.32 Å². The molecule has 0 radical (unpaired) electrons. The molecular weight excluding hydrogens is 437 g/mol. The van der Waals surface area contributed by atoms with Gasteiger partial charge in [0.2, 0.25) is 0 Å². The molecule has 0 unspecified atom stereocenters. The zero-order chi connectivity index (χ0) is 21.7. The third-order valence-electron chi connectivity index (χ3n) is 4.03. The maximum absolute atomic E-state index is 13.8. The predicted octanol–water partition coefficient (Wildman–Crippen LogP) is 4.61. The van der Waals surface area contributed by atoms with Gasteiger partial charge in [-0.1, -0.05) is 30.0 Å². The first-order valence-electron chi connectivity index (χ1n) is 8.68. The first-order valence-corrected chi connectivity index (χ1v) is 10.4. The topological polar surface area (TPSA) is 66.5 Å². The number of thioether (sulfide) groups is 2. The summed E-state index contributed by atoms with van der Waals surface area (Å²) in [6, 6.07) is 11.5. The maximum atomic E-state index is 13.8. The molecule has 0 atom stereocenters. The molecule has 3 amide bonds. The minimum absolute atomic E-state index is 0.0113. The zero-order valence-electron chi connectivity index (χ0n) is 15.3. The van der Waals surface area contributed by atoms with Crippen LogP contribution in [0.5, 0.6) is 0 Å². The second kappa shape index (κ2) is 9.86. The largest absolute Gasteiger partial charge is 0.350 e. The van der Waals surface area contributed by atoms with E-state index < -0.39 is 28.6 Å². The molecule has 10 heteroatoms. The molecule has 1 saturated heterocycles. The van der Waals surface area contributed by atoms with E-state index in [1.165, 1.54) is 48.5 Å². The highest BCUT2D eigenvalue weighted by Crippen LogP contribution is 2.32. The summed E-state index contributed by atoms with van der Waals surface area (Å²) in [6.07, 6.45) is 1.32. The van der Waals surface area contributed by atoms with Crippen molar-refractivity contribution in [2.24, 2.45) is 0 Å². The third kappa shape index (κ3) is 5.45.